The van der Waals surface area contributed by atoms with E-state index in [1.54, 1.807) is 0 Å². The van der Waals surface area contributed by atoms with Crippen LogP contribution in [0.5, 0.6) is 0 Å². The van der Waals surface area contributed by atoms with Crippen molar-refractivity contribution >= 4 is 43.9 Å². The van der Waals surface area contributed by atoms with Crippen LogP contribution in [0.3, 0.4) is 0 Å². The molecular formula is C33H14F12N2O10S2. The lowest BCUT2D eigenvalue weighted by molar-refractivity contribution is -0.288. The molecule has 59 heavy (non-hydrogen) atoms. The average molecular weight is 891 g/mol. The third-order valence-corrected chi connectivity index (χ3v) is 11.1. The molecule has 26 heteroatoms. The first-order valence-electron chi connectivity index (χ1n) is 15.4. The molecule has 0 fully saturated rings. The van der Waals surface area contributed by atoms with Crippen LogP contribution in [0.4, 0.5) is 52.7 Å². The highest BCUT2D eigenvalue weighted by molar-refractivity contribution is 7.87. The highest BCUT2D eigenvalue weighted by Crippen LogP contribution is 2.57. The third-order valence-electron chi connectivity index (χ3n) is 8.70. The molecule has 0 spiro atoms. The number of hydrogen-bond acceptors (Lipinski definition) is 10. The molecular weight excluding hydrogens is 876 g/mol. The lowest BCUT2D eigenvalue weighted by Crippen LogP contribution is -2.55. The Bertz CT molecular complexity index is 2490. The zero-order valence-electron chi connectivity index (χ0n) is 27.9. The van der Waals surface area contributed by atoms with Gasteiger partial charge in [-0.3, -0.25) is 19.2 Å². The summed E-state index contributed by atoms with van der Waals surface area (Å²) < 4.78 is 228. The second kappa shape index (κ2) is 13.6. The van der Waals surface area contributed by atoms with E-state index in [-0.39, 0.29) is 60.7 Å². The molecule has 0 N–H and O–H groups in total. The Hall–Kier alpha value is -5.86. The van der Waals surface area contributed by atoms with Gasteiger partial charge in [0, 0.05) is 0 Å². The van der Waals surface area contributed by atoms with Crippen LogP contribution in [0.25, 0.3) is 0 Å². The van der Waals surface area contributed by atoms with Gasteiger partial charge >= 0.3 is 44.9 Å². The molecule has 2 aliphatic rings. The van der Waals surface area contributed by atoms with Crippen molar-refractivity contribution in [3.05, 3.63) is 129 Å². The summed E-state index contributed by atoms with van der Waals surface area (Å²) in [5.74, 6) is -7.39. The number of imide groups is 2. The maximum atomic E-state index is 15.1. The molecule has 4 amide bonds. The van der Waals surface area contributed by atoms with Gasteiger partial charge in [-0.2, -0.15) is 69.5 Å². The van der Waals surface area contributed by atoms with Crippen molar-refractivity contribution in [1.29, 1.82) is 0 Å². The number of carbonyl (C=O) groups is 4. The Morgan fingerprint density at radius 3 is 0.932 bits per heavy atom. The summed E-state index contributed by atoms with van der Waals surface area (Å²) in [6.07, 6.45) is -22.8. The van der Waals surface area contributed by atoms with Crippen molar-refractivity contribution in [1.82, 2.24) is 10.1 Å². The Labute approximate surface area is 320 Å². The normalized spacial score (nSPS) is 15.6. The maximum Gasteiger partial charge on any atom is 0.416 e. The first kappa shape index (κ1) is 42.7. The first-order chi connectivity index (χ1) is 26.9. The molecule has 2 heterocycles. The highest BCUT2D eigenvalue weighted by Gasteiger charge is 2.73. The zero-order chi connectivity index (χ0) is 44.1. The fourth-order valence-corrected chi connectivity index (χ4v) is 7.70. The van der Waals surface area contributed by atoms with E-state index >= 15 is 26.3 Å². The molecule has 4 aromatic rings. The number of rotatable bonds is 8. The second-order valence-corrected chi connectivity index (χ2v) is 15.2. The molecule has 0 aromatic heterocycles. The number of halogens is 12. The second-order valence-electron chi connectivity index (χ2n) is 12.2. The number of amides is 4. The number of hydrogen-bond donors (Lipinski definition) is 0. The van der Waals surface area contributed by atoms with Crippen LogP contribution in [0.15, 0.2) is 94.7 Å². The highest BCUT2D eigenvalue weighted by atomic mass is 32.2. The van der Waals surface area contributed by atoms with Crippen LogP contribution in [0, 0.1) is 0 Å². The minimum Gasteiger partial charge on any atom is -0.266 e. The van der Waals surface area contributed by atoms with Crippen molar-refractivity contribution in [2.24, 2.45) is 0 Å². The monoisotopic (exact) mass is 890 g/mol. The molecule has 0 bridgehead atoms. The molecule has 0 unspecified atom stereocenters. The van der Waals surface area contributed by atoms with Crippen molar-refractivity contribution < 1.29 is 97.3 Å². The minimum absolute atomic E-state index is 0.0606. The predicted octanol–water partition coefficient (Wildman–Crippen LogP) is 6.97. The lowest BCUT2D eigenvalue weighted by atomic mass is 9.71. The smallest absolute Gasteiger partial charge is 0.266 e. The molecule has 0 atom stereocenters. The van der Waals surface area contributed by atoms with E-state index in [0.717, 1.165) is 0 Å². The maximum absolute atomic E-state index is 15.1. The van der Waals surface area contributed by atoms with E-state index in [0.29, 0.717) is 24.3 Å². The van der Waals surface area contributed by atoms with Gasteiger partial charge < -0.3 is 0 Å². The van der Waals surface area contributed by atoms with Crippen LogP contribution in [-0.2, 0) is 46.6 Å². The summed E-state index contributed by atoms with van der Waals surface area (Å²) in [4.78, 5) is 50.1. The molecule has 0 saturated heterocycles. The van der Waals surface area contributed by atoms with Gasteiger partial charge in [-0.15, -0.1) is 18.7 Å². The van der Waals surface area contributed by atoms with Gasteiger partial charge in [0.05, 0.1) is 43.2 Å². The number of benzene rings is 4. The number of hydroxylamine groups is 4. The number of nitrogens with zero attached hydrogens (tertiary/aromatic N) is 2. The summed E-state index contributed by atoms with van der Waals surface area (Å²) in [6.45, 7) is 0. The summed E-state index contributed by atoms with van der Waals surface area (Å²) in [5, 5.41) is -1.17. The number of fused-ring (bicyclic) bond motifs is 2. The summed E-state index contributed by atoms with van der Waals surface area (Å²) >= 11 is 0. The van der Waals surface area contributed by atoms with Crippen LogP contribution >= 0.6 is 0 Å². The van der Waals surface area contributed by atoms with E-state index in [1.165, 1.54) is 0 Å². The van der Waals surface area contributed by atoms with Gasteiger partial charge in [0.15, 0.2) is 0 Å². The SMILES string of the molecule is O=C1c2ccc(C(c3ccc4c(c3)C(=O)N(OS(=O)(=O)c3ccc(C(F)(F)F)cc3)C4=O)(C(F)(F)F)C(F)(F)F)cc2C(=O)N1OS(=O)(=O)c1ccc(C(F)(F)F)cc1. The minimum atomic E-state index is -6.49. The molecule has 12 nitrogen and oxygen atoms in total. The average Bonchev–Trinajstić information content (AvgIpc) is 3.49. The van der Waals surface area contributed by atoms with Gasteiger partial charge in [0.1, 0.15) is 0 Å². The van der Waals surface area contributed by atoms with Crippen LogP contribution in [-0.4, -0.2) is 62.9 Å². The predicted molar refractivity (Wildman–Crippen MR) is 166 cm³/mol. The lowest BCUT2D eigenvalue weighted by Gasteiger charge is -2.38. The number of alkyl halides is 12. The molecule has 0 saturated carbocycles. The topological polar surface area (TPSA) is 161 Å². The Balaban J connectivity index is 1.37. The summed E-state index contributed by atoms with van der Waals surface area (Å²) in [6, 6.07) is 2.96. The molecule has 312 valence electrons. The van der Waals surface area contributed by atoms with Crippen LogP contribution < -0.4 is 0 Å². The quantitative estimate of drug-likeness (QED) is 0.134. The van der Waals surface area contributed by atoms with Crippen molar-refractivity contribution in [3.8, 4) is 0 Å². The fraction of sp³-hybridized carbons (Fsp3) is 0.152. The van der Waals surface area contributed by atoms with Gasteiger partial charge in [-0.05, 0) is 83.9 Å². The molecule has 2 aliphatic heterocycles. The zero-order valence-corrected chi connectivity index (χ0v) is 29.5. The Kier molecular flexibility index (Phi) is 9.85. The van der Waals surface area contributed by atoms with Gasteiger partial charge in [-0.1, -0.05) is 12.1 Å². The van der Waals surface area contributed by atoms with Gasteiger partial charge in [0.2, 0.25) is 5.41 Å². The Morgan fingerprint density at radius 1 is 0.390 bits per heavy atom. The third kappa shape index (κ3) is 7.07. The van der Waals surface area contributed by atoms with E-state index in [4.69, 9.17) is 0 Å². The first-order valence-corrected chi connectivity index (χ1v) is 18.2. The standard InChI is InChI=1S/C33H14F12N2O10S2/c34-30(35,36)15-1-7-19(8-2-15)58(52,53)56-46-25(48)21-11-5-17(13-23(21)27(46)50)29(32(40,41)42,33(43,44)45)18-6-12-22-24(14-18)28(51)47(26(22)49)57-59(54,55)20-9-3-16(4-10-20)31(37,38)39/h1-14H. The van der Waals surface area contributed by atoms with E-state index in [2.05, 4.69) is 8.57 Å². The van der Waals surface area contributed by atoms with Crippen molar-refractivity contribution in [2.45, 2.75) is 39.9 Å². The summed E-state index contributed by atoms with van der Waals surface area (Å²) in [7, 11) is -10.7. The molecule has 6 rings (SSSR count). The largest absolute Gasteiger partial charge is 0.416 e. The molecule has 4 aromatic carbocycles. The van der Waals surface area contributed by atoms with Gasteiger partial charge in [0.25, 0.3) is 23.6 Å². The molecule has 0 aliphatic carbocycles. The summed E-state index contributed by atoms with van der Waals surface area (Å²) in [5.41, 5.74) is -16.3. The molecule has 0 radical (unpaired) electrons. The van der Waals surface area contributed by atoms with E-state index in [1.807, 2.05) is 0 Å². The van der Waals surface area contributed by atoms with Crippen LogP contribution in [0.1, 0.15) is 63.7 Å². The fourth-order valence-electron chi connectivity index (χ4n) is 5.92. The number of carbonyl (C=O) groups excluding carboxylic acids is 4. The van der Waals surface area contributed by atoms with E-state index in [9.17, 15) is 62.4 Å². The van der Waals surface area contributed by atoms with Crippen molar-refractivity contribution in [3.63, 3.8) is 0 Å². The van der Waals surface area contributed by atoms with Crippen molar-refractivity contribution in [2.75, 3.05) is 0 Å². The van der Waals surface area contributed by atoms with Crippen LogP contribution in [0.2, 0.25) is 0 Å². The van der Waals surface area contributed by atoms with E-state index < -0.39 is 138 Å². The van der Waals surface area contributed by atoms with Gasteiger partial charge in [-0.25, -0.2) is 0 Å². The Morgan fingerprint density at radius 2 is 0.661 bits per heavy atom.